The van der Waals surface area contributed by atoms with Crippen LogP contribution in [-0.2, 0) is 4.79 Å². The fourth-order valence-electron chi connectivity index (χ4n) is 2.10. The van der Waals surface area contributed by atoms with Crippen LogP contribution in [-0.4, -0.2) is 23.5 Å². The van der Waals surface area contributed by atoms with E-state index >= 15 is 0 Å². The molecule has 1 heterocycles. The van der Waals surface area contributed by atoms with Crippen molar-refractivity contribution >= 4 is 33.3 Å². The molecule has 0 bridgehead atoms. The lowest BCUT2D eigenvalue weighted by Crippen LogP contribution is -2.38. The van der Waals surface area contributed by atoms with Crippen LogP contribution < -0.4 is 10.2 Å². The smallest absolute Gasteiger partial charge is 0.245 e. The van der Waals surface area contributed by atoms with E-state index in [1.807, 2.05) is 18.2 Å². The molecule has 2 aromatic rings. The van der Waals surface area contributed by atoms with Crippen LogP contribution in [0.4, 0.5) is 11.5 Å². The predicted octanol–water partition coefficient (Wildman–Crippen LogP) is 4.01. The minimum atomic E-state index is -0.0795. The monoisotopic (exact) mass is 361 g/mol. The fourth-order valence-corrected chi connectivity index (χ4v) is 2.33. The Hall–Kier alpha value is -1.88. The van der Waals surface area contributed by atoms with Crippen molar-refractivity contribution in [2.75, 3.05) is 16.8 Å². The van der Waals surface area contributed by atoms with Gasteiger partial charge in [0.25, 0.3) is 0 Å². The van der Waals surface area contributed by atoms with E-state index in [2.05, 4.69) is 64.0 Å². The number of halogens is 1. The van der Waals surface area contributed by atoms with Crippen molar-refractivity contribution in [2.24, 2.45) is 0 Å². The number of amides is 1. The zero-order valence-electron chi connectivity index (χ0n) is 13.0. The van der Waals surface area contributed by atoms with Crippen LogP contribution in [0.3, 0.4) is 0 Å². The molecule has 0 saturated carbocycles. The van der Waals surface area contributed by atoms with Gasteiger partial charge in [-0.25, -0.2) is 4.98 Å². The molecule has 0 saturated heterocycles. The van der Waals surface area contributed by atoms with Crippen molar-refractivity contribution in [2.45, 2.75) is 26.8 Å². The molecule has 4 nitrogen and oxygen atoms in total. The summed E-state index contributed by atoms with van der Waals surface area (Å²) in [6, 6.07) is 12.0. The van der Waals surface area contributed by atoms with Crippen LogP contribution in [0.5, 0.6) is 0 Å². The van der Waals surface area contributed by atoms with Gasteiger partial charge in [-0.3, -0.25) is 4.79 Å². The molecule has 0 fully saturated rings. The lowest BCUT2D eigenvalue weighted by molar-refractivity contribution is -0.115. The van der Waals surface area contributed by atoms with Gasteiger partial charge in [0.2, 0.25) is 5.91 Å². The number of hydrogen-bond donors (Lipinski definition) is 1. The van der Waals surface area contributed by atoms with E-state index in [0.717, 1.165) is 10.2 Å². The topological polar surface area (TPSA) is 45.2 Å². The number of hydrogen-bond acceptors (Lipinski definition) is 3. The quantitative estimate of drug-likeness (QED) is 0.874. The number of carbonyl (C=O) groups is 1. The molecule has 0 radical (unpaired) electrons. The van der Waals surface area contributed by atoms with Crippen LogP contribution in [0.1, 0.15) is 19.4 Å². The van der Waals surface area contributed by atoms with E-state index in [1.165, 1.54) is 5.56 Å². The Labute approximate surface area is 139 Å². The Balaban J connectivity index is 2.05. The summed E-state index contributed by atoms with van der Waals surface area (Å²) in [5, 5.41) is 2.82. The number of rotatable bonds is 5. The Morgan fingerprint density at radius 3 is 2.45 bits per heavy atom. The maximum Gasteiger partial charge on any atom is 0.245 e. The van der Waals surface area contributed by atoms with E-state index in [1.54, 1.807) is 12.3 Å². The zero-order chi connectivity index (χ0) is 16.1. The molecular formula is C17H20BrN3O. The molecule has 5 heteroatoms. The van der Waals surface area contributed by atoms with E-state index in [0.29, 0.717) is 12.4 Å². The summed E-state index contributed by atoms with van der Waals surface area (Å²) in [7, 11) is 0. The first kappa shape index (κ1) is 16.5. The molecule has 1 N–H and O–H groups in total. The van der Waals surface area contributed by atoms with E-state index in [4.69, 9.17) is 0 Å². The summed E-state index contributed by atoms with van der Waals surface area (Å²) in [5.41, 5.74) is 2.25. The highest BCUT2D eigenvalue weighted by Gasteiger charge is 2.15. The first-order valence-corrected chi connectivity index (χ1v) is 7.99. The number of carbonyl (C=O) groups excluding carboxylic acids is 1. The van der Waals surface area contributed by atoms with E-state index in [-0.39, 0.29) is 11.9 Å². The van der Waals surface area contributed by atoms with Crippen LogP contribution in [0, 0.1) is 6.92 Å². The third-order valence-corrected chi connectivity index (χ3v) is 3.77. The van der Waals surface area contributed by atoms with Crippen molar-refractivity contribution in [3.63, 3.8) is 0 Å². The van der Waals surface area contributed by atoms with Crippen molar-refractivity contribution < 1.29 is 4.79 Å². The molecule has 0 aliphatic carbocycles. The van der Waals surface area contributed by atoms with Crippen LogP contribution in [0.15, 0.2) is 47.1 Å². The average Bonchev–Trinajstić information content (AvgIpc) is 2.48. The predicted molar refractivity (Wildman–Crippen MR) is 94.2 cm³/mol. The Bertz CT molecular complexity index is 623. The summed E-state index contributed by atoms with van der Waals surface area (Å²) in [6.45, 7) is 6.49. The van der Waals surface area contributed by atoms with Crippen molar-refractivity contribution in [1.29, 1.82) is 0 Å². The van der Waals surface area contributed by atoms with Gasteiger partial charge in [0.05, 0.1) is 6.54 Å². The lowest BCUT2D eigenvalue weighted by Gasteiger charge is -2.28. The number of nitrogens with one attached hydrogen (secondary N) is 1. The Morgan fingerprint density at radius 2 is 1.91 bits per heavy atom. The third kappa shape index (κ3) is 4.56. The summed E-state index contributed by atoms with van der Waals surface area (Å²) in [6.07, 6.45) is 1.66. The summed E-state index contributed by atoms with van der Waals surface area (Å²) in [4.78, 5) is 18.5. The second-order valence-corrected chi connectivity index (χ2v) is 6.38. The highest BCUT2D eigenvalue weighted by atomic mass is 79.9. The van der Waals surface area contributed by atoms with E-state index < -0.39 is 0 Å². The van der Waals surface area contributed by atoms with Crippen LogP contribution in [0.25, 0.3) is 0 Å². The molecule has 22 heavy (non-hydrogen) atoms. The van der Waals surface area contributed by atoms with Gasteiger partial charge in [0.1, 0.15) is 5.82 Å². The van der Waals surface area contributed by atoms with Crippen LogP contribution >= 0.6 is 15.9 Å². The standard InChI is InChI=1S/C17H20BrN3O/c1-12(2)21(15-7-4-13(3)5-8-15)11-17(22)20-16-9-6-14(18)10-19-16/h4-10,12H,11H2,1-3H3,(H,19,20,22). The molecule has 1 aromatic carbocycles. The Morgan fingerprint density at radius 1 is 1.23 bits per heavy atom. The molecule has 0 aliphatic rings. The first-order valence-electron chi connectivity index (χ1n) is 7.20. The third-order valence-electron chi connectivity index (χ3n) is 3.30. The maximum absolute atomic E-state index is 12.2. The van der Waals surface area contributed by atoms with Gasteiger partial charge in [-0.15, -0.1) is 0 Å². The number of benzene rings is 1. The molecule has 0 unspecified atom stereocenters. The summed E-state index contributed by atoms with van der Waals surface area (Å²) in [5.74, 6) is 0.477. The van der Waals surface area contributed by atoms with Gasteiger partial charge in [0.15, 0.2) is 0 Å². The highest BCUT2D eigenvalue weighted by Crippen LogP contribution is 2.18. The number of pyridine rings is 1. The SMILES string of the molecule is Cc1ccc(N(CC(=O)Nc2ccc(Br)cn2)C(C)C)cc1. The summed E-state index contributed by atoms with van der Waals surface area (Å²) < 4.78 is 0.883. The van der Waals surface area contributed by atoms with Gasteiger partial charge in [-0.05, 0) is 61.0 Å². The number of aryl methyl sites for hydroxylation is 1. The zero-order valence-corrected chi connectivity index (χ0v) is 14.6. The average molecular weight is 362 g/mol. The molecule has 116 valence electrons. The number of nitrogens with zero attached hydrogens (tertiary/aromatic N) is 2. The minimum Gasteiger partial charge on any atom is -0.360 e. The van der Waals surface area contributed by atoms with Crippen molar-refractivity contribution in [3.05, 3.63) is 52.6 Å². The molecule has 0 aliphatic heterocycles. The Kier molecular flexibility index (Phi) is 5.55. The molecular weight excluding hydrogens is 342 g/mol. The van der Waals surface area contributed by atoms with Gasteiger partial charge in [-0.1, -0.05) is 17.7 Å². The van der Waals surface area contributed by atoms with E-state index in [9.17, 15) is 4.79 Å². The van der Waals surface area contributed by atoms with Crippen molar-refractivity contribution in [3.8, 4) is 0 Å². The minimum absolute atomic E-state index is 0.0795. The summed E-state index contributed by atoms with van der Waals surface area (Å²) >= 11 is 3.32. The highest BCUT2D eigenvalue weighted by molar-refractivity contribution is 9.10. The second-order valence-electron chi connectivity index (χ2n) is 5.47. The molecule has 1 aromatic heterocycles. The molecule has 0 atom stereocenters. The largest absolute Gasteiger partial charge is 0.360 e. The molecule has 1 amide bonds. The molecule has 2 rings (SSSR count). The number of anilines is 2. The van der Waals surface area contributed by atoms with Gasteiger partial charge >= 0.3 is 0 Å². The lowest BCUT2D eigenvalue weighted by atomic mass is 10.2. The molecule has 0 spiro atoms. The second kappa shape index (κ2) is 7.40. The van der Waals surface area contributed by atoms with Gasteiger partial charge in [0, 0.05) is 22.4 Å². The fraction of sp³-hybridized carbons (Fsp3) is 0.294. The van der Waals surface area contributed by atoms with Crippen LogP contribution in [0.2, 0.25) is 0 Å². The maximum atomic E-state index is 12.2. The van der Waals surface area contributed by atoms with Gasteiger partial charge in [-0.2, -0.15) is 0 Å². The normalized spacial score (nSPS) is 10.6. The van der Waals surface area contributed by atoms with Crippen molar-refractivity contribution in [1.82, 2.24) is 4.98 Å². The number of aromatic nitrogens is 1. The first-order chi connectivity index (χ1) is 10.5. The van der Waals surface area contributed by atoms with Gasteiger partial charge < -0.3 is 10.2 Å².